The van der Waals surface area contributed by atoms with Crippen LogP contribution >= 0.6 is 0 Å². The van der Waals surface area contributed by atoms with Crippen LogP contribution in [0.5, 0.6) is 11.6 Å². The van der Waals surface area contributed by atoms with E-state index in [0.29, 0.717) is 18.3 Å². The topological polar surface area (TPSA) is 61.5 Å². The van der Waals surface area contributed by atoms with Crippen LogP contribution < -0.4 is 4.74 Å². The number of methoxy groups -OCH3 is 1. The minimum Gasteiger partial charge on any atom is -0.439 e. The standard InChI is InChI=1S/C21H28N4O2/c1-20(2,3)14-8-15(21(4,5)6)10-17(9-14)27-18-11-16(12-26-7)24-19-22-13-23-25(18)19/h8-11,13H,12H2,1-7H3. The molecule has 2 aromatic heterocycles. The lowest BCUT2D eigenvalue weighted by atomic mass is 9.80. The number of rotatable bonds is 4. The number of hydrogen-bond donors (Lipinski definition) is 0. The Labute approximate surface area is 160 Å². The quantitative estimate of drug-likeness (QED) is 0.670. The van der Waals surface area contributed by atoms with Crippen molar-refractivity contribution in [3.63, 3.8) is 0 Å². The first-order valence-electron chi connectivity index (χ1n) is 9.10. The summed E-state index contributed by atoms with van der Waals surface area (Å²) >= 11 is 0. The van der Waals surface area contributed by atoms with Crippen LogP contribution in [0.2, 0.25) is 0 Å². The molecule has 0 bridgehead atoms. The summed E-state index contributed by atoms with van der Waals surface area (Å²) in [7, 11) is 1.64. The molecule has 3 rings (SSSR count). The zero-order valence-electron chi connectivity index (χ0n) is 17.2. The molecule has 0 N–H and O–H groups in total. The van der Waals surface area contributed by atoms with Gasteiger partial charge in [-0.3, -0.25) is 0 Å². The van der Waals surface area contributed by atoms with Crippen molar-refractivity contribution in [3.05, 3.63) is 47.4 Å². The van der Waals surface area contributed by atoms with Crippen molar-refractivity contribution in [2.24, 2.45) is 0 Å². The molecule has 144 valence electrons. The Morgan fingerprint density at radius 2 is 1.56 bits per heavy atom. The van der Waals surface area contributed by atoms with Crippen molar-refractivity contribution in [1.82, 2.24) is 19.6 Å². The van der Waals surface area contributed by atoms with E-state index in [1.54, 1.807) is 11.6 Å². The molecule has 0 fully saturated rings. The van der Waals surface area contributed by atoms with Gasteiger partial charge in [0.05, 0.1) is 12.3 Å². The molecule has 0 radical (unpaired) electrons. The Balaban J connectivity index is 2.10. The molecule has 0 amide bonds. The second-order valence-corrected chi connectivity index (χ2v) is 8.84. The van der Waals surface area contributed by atoms with E-state index in [-0.39, 0.29) is 10.8 Å². The van der Waals surface area contributed by atoms with Crippen LogP contribution in [-0.2, 0) is 22.2 Å². The number of aromatic nitrogens is 4. The van der Waals surface area contributed by atoms with E-state index in [2.05, 4.69) is 74.8 Å². The molecule has 3 aromatic rings. The van der Waals surface area contributed by atoms with E-state index < -0.39 is 0 Å². The van der Waals surface area contributed by atoms with E-state index in [9.17, 15) is 0 Å². The average molecular weight is 368 g/mol. The van der Waals surface area contributed by atoms with Crippen molar-refractivity contribution >= 4 is 5.78 Å². The van der Waals surface area contributed by atoms with Gasteiger partial charge in [0.15, 0.2) is 0 Å². The number of ether oxygens (including phenoxy) is 2. The first-order valence-corrected chi connectivity index (χ1v) is 9.10. The fraction of sp³-hybridized carbons (Fsp3) is 0.476. The predicted octanol–water partition coefficient (Wildman–Crippen LogP) is 4.66. The van der Waals surface area contributed by atoms with Crippen LogP contribution in [0.3, 0.4) is 0 Å². The highest BCUT2D eigenvalue weighted by molar-refractivity contribution is 5.43. The average Bonchev–Trinajstić information content (AvgIpc) is 3.02. The van der Waals surface area contributed by atoms with Gasteiger partial charge in [0, 0.05) is 13.2 Å². The van der Waals surface area contributed by atoms with Crippen LogP contribution in [0.4, 0.5) is 0 Å². The summed E-state index contributed by atoms with van der Waals surface area (Å²) in [6.45, 7) is 13.6. The van der Waals surface area contributed by atoms with Gasteiger partial charge < -0.3 is 9.47 Å². The second kappa shape index (κ2) is 6.93. The lowest BCUT2D eigenvalue weighted by Gasteiger charge is -2.26. The van der Waals surface area contributed by atoms with Crippen molar-refractivity contribution in [3.8, 4) is 11.6 Å². The first-order chi connectivity index (χ1) is 12.6. The SMILES string of the molecule is COCc1cc(Oc2cc(C(C)(C)C)cc(C(C)(C)C)c2)n2ncnc2n1. The van der Waals surface area contributed by atoms with E-state index in [4.69, 9.17) is 9.47 Å². The van der Waals surface area contributed by atoms with Crippen molar-refractivity contribution in [2.45, 2.75) is 59.0 Å². The largest absolute Gasteiger partial charge is 0.439 e. The minimum atomic E-state index is 0.0153. The van der Waals surface area contributed by atoms with Gasteiger partial charge in [0.25, 0.3) is 5.78 Å². The first kappa shape index (κ1) is 19.3. The Morgan fingerprint density at radius 1 is 0.926 bits per heavy atom. The maximum atomic E-state index is 6.27. The Kier molecular flexibility index (Phi) is 4.95. The molecule has 0 aliphatic rings. The van der Waals surface area contributed by atoms with E-state index in [1.807, 2.05) is 6.07 Å². The summed E-state index contributed by atoms with van der Waals surface area (Å²) in [4.78, 5) is 8.61. The summed E-state index contributed by atoms with van der Waals surface area (Å²) in [5, 5.41) is 4.24. The molecule has 6 heteroatoms. The molecule has 0 saturated carbocycles. The number of benzene rings is 1. The number of fused-ring (bicyclic) bond motifs is 1. The molecule has 27 heavy (non-hydrogen) atoms. The number of hydrogen-bond acceptors (Lipinski definition) is 5. The van der Waals surface area contributed by atoms with E-state index in [1.165, 1.54) is 17.5 Å². The highest BCUT2D eigenvalue weighted by Gasteiger charge is 2.21. The van der Waals surface area contributed by atoms with Crippen molar-refractivity contribution in [1.29, 1.82) is 0 Å². The Morgan fingerprint density at radius 3 is 2.11 bits per heavy atom. The van der Waals surface area contributed by atoms with Gasteiger partial charge in [-0.2, -0.15) is 14.6 Å². The van der Waals surface area contributed by atoms with Crippen LogP contribution in [0.15, 0.2) is 30.6 Å². The third-order valence-electron chi connectivity index (χ3n) is 4.43. The molecule has 0 spiro atoms. The molecule has 0 atom stereocenters. The lowest BCUT2D eigenvalue weighted by Crippen LogP contribution is -2.16. The monoisotopic (exact) mass is 368 g/mol. The Hall–Kier alpha value is -2.47. The molecule has 2 heterocycles. The molecule has 0 aliphatic carbocycles. The highest BCUT2D eigenvalue weighted by atomic mass is 16.5. The Bertz CT molecular complexity index is 917. The van der Waals surface area contributed by atoms with Gasteiger partial charge in [0.1, 0.15) is 12.1 Å². The van der Waals surface area contributed by atoms with Crippen LogP contribution in [-0.4, -0.2) is 26.7 Å². The molecular formula is C21H28N4O2. The third kappa shape index (κ3) is 4.27. The van der Waals surface area contributed by atoms with Gasteiger partial charge in [-0.15, -0.1) is 0 Å². The van der Waals surface area contributed by atoms with Crippen LogP contribution in [0, 0.1) is 0 Å². The summed E-state index contributed by atoms with van der Waals surface area (Å²) in [6, 6.07) is 8.29. The zero-order valence-corrected chi connectivity index (χ0v) is 17.2. The highest BCUT2D eigenvalue weighted by Crippen LogP contribution is 2.34. The van der Waals surface area contributed by atoms with Gasteiger partial charge in [-0.25, -0.2) is 4.98 Å². The number of nitrogens with zero attached hydrogens (tertiary/aromatic N) is 4. The summed E-state index contributed by atoms with van der Waals surface area (Å²) in [6.07, 6.45) is 1.47. The minimum absolute atomic E-state index is 0.0153. The molecule has 0 unspecified atom stereocenters. The predicted molar refractivity (Wildman–Crippen MR) is 105 cm³/mol. The van der Waals surface area contributed by atoms with Gasteiger partial charge in [-0.1, -0.05) is 47.6 Å². The van der Waals surface area contributed by atoms with E-state index in [0.717, 1.165) is 11.4 Å². The maximum absolute atomic E-state index is 6.27. The third-order valence-corrected chi connectivity index (χ3v) is 4.43. The van der Waals surface area contributed by atoms with Crippen molar-refractivity contribution in [2.75, 3.05) is 7.11 Å². The van der Waals surface area contributed by atoms with Gasteiger partial charge in [-0.05, 0) is 34.1 Å². The zero-order chi connectivity index (χ0) is 19.8. The fourth-order valence-electron chi connectivity index (χ4n) is 2.77. The van der Waals surface area contributed by atoms with Crippen molar-refractivity contribution < 1.29 is 9.47 Å². The lowest BCUT2D eigenvalue weighted by molar-refractivity contribution is 0.181. The van der Waals surface area contributed by atoms with Gasteiger partial charge in [0.2, 0.25) is 5.88 Å². The molecular weight excluding hydrogens is 340 g/mol. The van der Waals surface area contributed by atoms with Crippen LogP contribution in [0.1, 0.15) is 58.4 Å². The molecule has 0 saturated heterocycles. The fourth-order valence-corrected chi connectivity index (χ4v) is 2.77. The summed E-state index contributed by atoms with van der Waals surface area (Å²) < 4.78 is 13.1. The second-order valence-electron chi connectivity index (χ2n) is 8.84. The maximum Gasteiger partial charge on any atom is 0.255 e. The molecule has 6 nitrogen and oxygen atoms in total. The summed E-state index contributed by atoms with van der Waals surface area (Å²) in [5.41, 5.74) is 3.23. The van der Waals surface area contributed by atoms with E-state index >= 15 is 0 Å². The van der Waals surface area contributed by atoms with Crippen LogP contribution in [0.25, 0.3) is 5.78 Å². The van der Waals surface area contributed by atoms with Gasteiger partial charge >= 0.3 is 0 Å². The normalized spacial score (nSPS) is 12.6. The smallest absolute Gasteiger partial charge is 0.255 e. The summed E-state index contributed by atoms with van der Waals surface area (Å²) in [5.74, 6) is 1.83. The molecule has 0 aliphatic heterocycles. The molecule has 1 aromatic carbocycles.